The van der Waals surface area contributed by atoms with Gasteiger partial charge in [0.2, 0.25) is 5.91 Å². The van der Waals surface area contributed by atoms with Crippen LogP contribution in [-0.2, 0) is 11.3 Å². The summed E-state index contributed by atoms with van der Waals surface area (Å²) in [4.78, 5) is 11.9. The van der Waals surface area contributed by atoms with Crippen LogP contribution < -0.4 is 10.6 Å². The van der Waals surface area contributed by atoms with Gasteiger partial charge in [0.15, 0.2) is 0 Å². The lowest BCUT2D eigenvalue weighted by Crippen LogP contribution is -2.41. The fourth-order valence-electron chi connectivity index (χ4n) is 2.08. The van der Waals surface area contributed by atoms with Crippen LogP contribution in [0.5, 0.6) is 0 Å². The number of nitrogens with one attached hydrogen (secondary N) is 2. The molecule has 1 heterocycles. The van der Waals surface area contributed by atoms with Gasteiger partial charge in [0, 0.05) is 18.2 Å². The highest BCUT2D eigenvalue weighted by Crippen LogP contribution is 2.18. The van der Waals surface area contributed by atoms with Gasteiger partial charge in [-0.15, -0.1) is 11.8 Å². The highest BCUT2D eigenvalue weighted by molar-refractivity contribution is 7.99. The van der Waals surface area contributed by atoms with Gasteiger partial charge >= 0.3 is 0 Å². The van der Waals surface area contributed by atoms with Gasteiger partial charge in [-0.25, -0.2) is 0 Å². The molecule has 2 unspecified atom stereocenters. The third kappa shape index (κ3) is 3.98. The van der Waals surface area contributed by atoms with Crippen molar-refractivity contribution >= 4 is 17.7 Å². The summed E-state index contributed by atoms with van der Waals surface area (Å²) in [6.45, 7) is 5.05. The third-order valence-corrected chi connectivity index (χ3v) is 4.60. The van der Waals surface area contributed by atoms with Crippen molar-refractivity contribution in [3.05, 3.63) is 35.4 Å². The molecule has 1 aromatic carbocycles. The largest absolute Gasteiger partial charge is 0.351 e. The summed E-state index contributed by atoms with van der Waals surface area (Å²) in [5.41, 5.74) is 2.53. The van der Waals surface area contributed by atoms with Crippen LogP contribution in [-0.4, -0.2) is 23.6 Å². The van der Waals surface area contributed by atoms with E-state index in [9.17, 15) is 4.79 Å². The fraction of sp³-hybridized carbons (Fsp3) is 0.533. The first-order chi connectivity index (χ1) is 9.20. The monoisotopic (exact) mass is 278 g/mol. The lowest BCUT2D eigenvalue weighted by molar-refractivity contribution is -0.122. The van der Waals surface area contributed by atoms with Crippen molar-refractivity contribution in [2.45, 2.75) is 38.8 Å². The van der Waals surface area contributed by atoms with Crippen LogP contribution in [0.2, 0.25) is 0 Å². The van der Waals surface area contributed by atoms with Gasteiger partial charge in [0.1, 0.15) is 0 Å². The first kappa shape index (κ1) is 14.4. The number of carbonyl (C=O) groups is 1. The molecule has 1 saturated heterocycles. The Balaban J connectivity index is 1.84. The van der Waals surface area contributed by atoms with Gasteiger partial charge in [-0.2, -0.15) is 0 Å². The molecule has 0 saturated carbocycles. The van der Waals surface area contributed by atoms with Gasteiger partial charge in [0.25, 0.3) is 0 Å². The van der Waals surface area contributed by atoms with Crippen molar-refractivity contribution < 1.29 is 4.79 Å². The number of carbonyl (C=O) groups excluding carboxylic acids is 1. The molecule has 19 heavy (non-hydrogen) atoms. The number of rotatable bonds is 5. The quantitative estimate of drug-likeness (QED) is 0.869. The molecule has 1 aliphatic rings. The van der Waals surface area contributed by atoms with Crippen molar-refractivity contribution in [2.24, 2.45) is 0 Å². The Morgan fingerprint density at radius 1 is 1.47 bits per heavy atom. The molecule has 2 N–H and O–H groups in total. The van der Waals surface area contributed by atoms with E-state index < -0.39 is 0 Å². The number of thioether (sulfide) groups is 1. The molecular weight excluding hydrogens is 256 g/mol. The van der Waals surface area contributed by atoms with Crippen molar-refractivity contribution in [1.82, 2.24) is 10.6 Å². The lowest BCUT2D eigenvalue weighted by atomic mass is 9.98. The summed E-state index contributed by atoms with van der Waals surface area (Å²) >= 11 is 1.77. The van der Waals surface area contributed by atoms with E-state index in [1.54, 1.807) is 11.8 Å². The van der Waals surface area contributed by atoms with E-state index in [0.717, 1.165) is 23.6 Å². The summed E-state index contributed by atoms with van der Waals surface area (Å²) in [6, 6.07) is 8.53. The zero-order valence-corrected chi connectivity index (χ0v) is 12.4. The zero-order chi connectivity index (χ0) is 13.7. The highest BCUT2D eigenvalue weighted by atomic mass is 32.2. The summed E-state index contributed by atoms with van der Waals surface area (Å²) in [7, 11) is 0. The van der Waals surface area contributed by atoms with Crippen LogP contribution in [0.15, 0.2) is 24.3 Å². The van der Waals surface area contributed by atoms with E-state index in [1.165, 1.54) is 5.56 Å². The highest BCUT2D eigenvalue weighted by Gasteiger charge is 2.21. The maximum Gasteiger partial charge on any atom is 0.238 e. The maximum atomic E-state index is 11.9. The first-order valence-corrected chi connectivity index (χ1v) is 8.04. The Hall–Kier alpha value is -1.00. The van der Waals surface area contributed by atoms with E-state index in [-0.39, 0.29) is 11.9 Å². The molecule has 4 heteroatoms. The van der Waals surface area contributed by atoms with Crippen molar-refractivity contribution in [3.8, 4) is 0 Å². The normalized spacial score (nSPS) is 20.2. The van der Waals surface area contributed by atoms with Gasteiger partial charge < -0.3 is 5.32 Å². The minimum atomic E-state index is -0.0237. The molecule has 1 fully saturated rings. The van der Waals surface area contributed by atoms with Crippen molar-refractivity contribution in [2.75, 3.05) is 11.6 Å². The number of hydrogen-bond acceptors (Lipinski definition) is 3. The molecule has 0 aliphatic carbocycles. The molecule has 2 rings (SSSR count). The minimum absolute atomic E-state index is 0.0237. The molecule has 1 aromatic rings. The number of amides is 1. The predicted molar refractivity (Wildman–Crippen MR) is 81.2 cm³/mol. The predicted octanol–water partition coefficient (Wildman–Crippen LogP) is 2.48. The average molecular weight is 278 g/mol. The van der Waals surface area contributed by atoms with E-state index in [1.807, 2.05) is 0 Å². The SMILES string of the molecule is CCC(C)c1ccc(CNC(=O)C2CSCN2)cc1. The Morgan fingerprint density at radius 3 is 2.79 bits per heavy atom. The van der Waals surface area contributed by atoms with Gasteiger partial charge in [0.05, 0.1) is 6.04 Å². The number of benzene rings is 1. The van der Waals surface area contributed by atoms with E-state index in [4.69, 9.17) is 0 Å². The molecule has 0 aromatic heterocycles. The topological polar surface area (TPSA) is 41.1 Å². The van der Waals surface area contributed by atoms with Crippen LogP contribution in [0.3, 0.4) is 0 Å². The molecule has 0 radical (unpaired) electrons. The van der Waals surface area contributed by atoms with E-state index >= 15 is 0 Å². The molecule has 2 atom stereocenters. The molecular formula is C15H22N2OS. The standard InChI is InChI=1S/C15H22N2OS/c1-3-11(2)13-6-4-12(5-7-13)8-16-15(18)14-9-19-10-17-14/h4-7,11,14,17H,3,8-10H2,1-2H3,(H,16,18). The van der Waals surface area contributed by atoms with Gasteiger partial charge in [-0.05, 0) is 23.5 Å². The summed E-state index contributed by atoms with van der Waals surface area (Å²) in [5, 5.41) is 6.16. The zero-order valence-electron chi connectivity index (χ0n) is 11.6. The van der Waals surface area contributed by atoms with Gasteiger partial charge in [-0.1, -0.05) is 38.1 Å². The fourth-order valence-corrected chi connectivity index (χ4v) is 3.02. The lowest BCUT2D eigenvalue weighted by Gasteiger charge is -2.12. The molecule has 3 nitrogen and oxygen atoms in total. The number of hydrogen-bond donors (Lipinski definition) is 2. The van der Waals surface area contributed by atoms with Crippen molar-refractivity contribution in [3.63, 3.8) is 0 Å². The smallest absolute Gasteiger partial charge is 0.238 e. The van der Waals surface area contributed by atoms with Crippen LogP contribution in [0.4, 0.5) is 0 Å². The Bertz CT molecular complexity index is 413. The summed E-state index contributed by atoms with van der Waals surface area (Å²) in [5.74, 6) is 2.46. The Morgan fingerprint density at radius 2 is 2.21 bits per heavy atom. The van der Waals surface area contributed by atoms with E-state index in [0.29, 0.717) is 12.5 Å². The summed E-state index contributed by atoms with van der Waals surface area (Å²) in [6.07, 6.45) is 1.15. The second-order valence-electron chi connectivity index (χ2n) is 5.04. The first-order valence-electron chi connectivity index (χ1n) is 6.88. The van der Waals surface area contributed by atoms with Crippen LogP contribution >= 0.6 is 11.8 Å². The van der Waals surface area contributed by atoms with Gasteiger partial charge in [-0.3, -0.25) is 10.1 Å². The molecule has 1 amide bonds. The molecule has 0 spiro atoms. The van der Waals surface area contributed by atoms with Crippen LogP contribution in [0.1, 0.15) is 37.3 Å². The maximum absolute atomic E-state index is 11.9. The Kier molecular flexibility index (Phi) is 5.28. The molecule has 0 bridgehead atoms. The van der Waals surface area contributed by atoms with Crippen molar-refractivity contribution in [1.29, 1.82) is 0 Å². The van der Waals surface area contributed by atoms with Crippen LogP contribution in [0, 0.1) is 0 Å². The minimum Gasteiger partial charge on any atom is -0.351 e. The molecule has 104 valence electrons. The van der Waals surface area contributed by atoms with E-state index in [2.05, 4.69) is 48.7 Å². The summed E-state index contributed by atoms with van der Waals surface area (Å²) < 4.78 is 0. The Labute approximate surface area is 119 Å². The molecule has 1 aliphatic heterocycles. The second kappa shape index (κ2) is 6.96. The third-order valence-electron chi connectivity index (χ3n) is 3.66. The average Bonchev–Trinajstić information content (AvgIpc) is 2.98. The second-order valence-corrected chi connectivity index (χ2v) is 6.07. The van der Waals surface area contributed by atoms with Crippen LogP contribution in [0.25, 0.3) is 0 Å².